The number of ketones is 1. The Labute approximate surface area is 112 Å². The minimum atomic E-state index is -0.135. The molecule has 1 rings (SSSR count). The van der Waals surface area contributed by atoms with Gasteiger partial charge in [-0.1, -0.05) is 22.9 Å². The quantitative estimate of drug-likeness (QED) is 0.451. The Kier molecular flexibility index (Phi) is 5.05. The van der Waals surface area contributed by atoms with Crippen molar-refractivity contribution in [3.8, 4) is 5.75 Å². The molecular weight excluding hydrogens is 371 g/mol. The van der Waals surface area contributed by atoms with E-state index in [0.717, 1.165) is 9.99 Å². The van der Waals surface area contributed by atoms with Gasteiger partial charge in [0.15, 0.2) is 5.78 Å². The third-order valence-electron chi connectivity index (χ3n) is 2.07. The van der Waals surface area contributed by atoms with Crippen molar-refractivity contribution in [3.05, 3.63) is 27.3 Å². The minimum absolute atomic E-state index is 0.0767. The summed E-state index contributed by atoms with van der Waals surface area (Å²) >= 11 is 5.54. The number of halogens is 2. The van der Waals surface area contributed by atoms with Crippen molar-refractivity contribution in [3.63, 3.8) is 0 Å². The van der Waals surface area contributed by atoms with Crippen molar-refractivity contribution < 1.29 is 9.53 Å². The molecule has 0 saturated heterocycles. The molecule has 0 bridgehead atoms. The minimum Gasteiger partial charge on any atom is -0.496 e. The lowest BCUT2D eigenvalue weighted by Crippen LogP contribution is -2.14. The Morgan fingerprint density at radius 1 is 1.60 bits per heavy atom. The summed E-state index contributed by atoms with van der Waals surface area (Å²) in [4.78, 5) is 11.8. The number of carbonyl (C=O) groups excluding carboxylic acids is 1. The van der Waals surface area contributed by atoms with Crippen LogP contribution in [0.5, 0.6) is 5.75 Å². The van der Waals surface area contributed by atoms with Crippen molar-refractivity contribution in [2.24, 2.45) is 0 Å². The van der Waals surface area contributed by atoms with Crippen LogP contribution in [0.1, 0.15) is 23.7 Å². The summed E-state index contributed by atoms with van der Waals surface area (Å²) in [6, 6.07) is 5.60. The molecule has 0 aliphatic heterocycles. The molecule has 2 nitrogen and oxygen atoms in total. The fourth-order valence-corrected chi connectivity index (χ4v) is 1.96. The van der Waals surface area contributed by atoms with E-state index in [1.54, 1.807) is 7.11 Å². The molecular formula is C11H12BrIO2. The molecule has 1 aromatic rings. The summed E-state index contributed by atoms with van der Waals surface area (Å²) in [6.45, 7) is 1.97. The molecule has 0 aliphatic carbocycles. The van der Waals surface area contributed by atoms with Gasteiger partial charge in [-0.3, -0.25) is 4.79 Å². The first-order valence-corrected chi connectivity index (χ1v) is 6.61. The largest absolute Gasteiger partial charge is 0.496 e. The van der Waals surface area contributed by atoms with Crippen molar-refractivity contribution in [1.82, 2.24) is 0 Å². The Morgan fingerprint density at radius 2 is 2.27 bits per heavy atom. The molecule has 0 heterocycles. The van der Waals surface area contributed by atoms with E-state index in [4.69, 9.17) is 4.74 Å². The average molecular weight is 383 g/mol. The first-order chi connectivity index (χ1) is 7.10. The first kappa shape index (κ1) is 13.0. The number of rotatable bonds is 4. The lowest BCUT2D eigenvalue weighted by atomic mass is 10.1. The predicted octanol–water partition coefficient (Wildman–Crippen LogP) is 3.66. The van der Waals surface area contributed by atoms with E-state index < -0.39 is 0 Å². The number of hydrogen-bond acceptors (Lipinski definition) is 2. The smallest absolute Gasteiger partial charge is 0.180 e. The molecule has 0 fully saturated rings. The van der Waals surface area contributed by atoms with Crippen LogP contribution in [0, 0.1) is 3.57 Å². The van der Waals surface area contributed by atoms with Crippen LogP contribution in [0.15, 0.2) is 18.2 Å². The second kappa shape index (κ2) is 5.84. The molecule has 0 aliphatic rings. The van der Waals surface area contributed by atoms with Crippen molar-refractivity contribution >= 4 is 44.3 Å². The molecule has 0 amide bonds. The van der Waals surface area contributed by atoms with E-state index in [9.17, 15) is 4.79 Å². The zero-order valence-corrected chi connectivity index (χ0v) is 12.3. The van der Waals surface area contributed by atoms with Gasteiger partial charge in [-0.2, -0.15) is 0 Å². The highest BCUT2D eigenvalue weighted by molar-refractivity contribution is 14.1. The zero-order valence-electron chi connectivity index (χ0n) is 8.59. The topological polar surface area (TPSA) is 26.3 Å². The van der Waals surface area contributed by atoms with Gasteiger partial charge >= 0.3 is 0 Å². The van der Waals surface area contributed by atoms with Gasteiger partial charge in [0.2, 0.25) is 0 Å². The van der Waals surface area contributed by atoms with E-state index in [1.807, 2.05) is 25.1 Å². The molecule has 1 atom stereocenters. The molecule has 1 unspecified atom stereocenters. The average Bonchev–Trinajstić information content (AvgIpc) is 2.27. The van der Waals surface area contributed by atoms with Crippen LogP contribution in [-0.4, -0.2) is 17.7 Å². The fourth-order valence-electron chi connectivity index (χ4n) is 1.23. The van der Waals surface area contributed by atoms with Crippen molar-refractivity contribution in [2.75, 3.05) is 7.11 Å². The zero-order chi connectivity index (χ0) is 11.4. The fraction of sp³-hybridized carbons (Fsp3) is 0.364. The number of methoxy groups -OCH3 is 1. The third kappa shape index (κ3) is 3.17. The van der Waals surface area contributed by atoms with Crippen LogP contribution < -0.4 is 4.74 Å². The number of hydrogen-bond donors (Lipinski definition) is 0. The van der Waals surface area contributed by atoms with Gasteiger partial charge < -0.3 is 4.74 Å². The van der Waals surface area contributed by atoms with Crippen molar-refractivity contribution in [1.29, 1.82) is 0 Å². The SMILES string of the molecule is CCC(Br)C(=O)c1cc(I)ccc1OC. The highest BCUT2D eigenvalue weighted by Crippen LogP contribution is 2.24. The van der Waals surface area contributed by atoms with Gasteiger partial charge in [-0.05, 0) is 47.2 Å². The van der Waals surface area contributed by atoms with Gasteiger partial charge in [0.1, 0.15) is 5.75 Å². The summed E-state index contributed by atoms with van der Waals surface area (Å²) in [5, 5.41) is 0. The van der Waals surface area contributed by atoms with E-state index in [-0.39, 0.29) is 10.6 Å². The van der Waals surface area contributed by atoms with Gasteiger partial charge in [-0.25, -0.2) is 0 Å². The molecule has 0 N–H and O–H groups in total. The summed E-state index contributed by atoms with van der Waals surface area (Å²) in [6.07, 6.45) is 0.771. The second-order valence-electron chi connectivity index (χ2n) is 3.08. The molecule has 1 aromatic carbocycles. The van der Waals surface area contributed by atoms with E-state index in [1.165, 1.54) is 0 Å². The highest BCUT2D eigenvalue weighted by Gasteiger charge is 2.19. The maximum atomic E-state index is 12.0. The van der Waals surface area contributed by atoms with Crippen LogP contribution in [0.25, 0.3) is 0 Å². The highest BCUT2D eigenvalue weighted by atomic mass is 127. The number of benzene rings is 1. The number of Topliss-reactive ketones (excluding diaryl/α,β-unsaturated/α-hetero) is 1. The summed E-state index contributed by atoms with van der Waals surface area (Å²) in [5.41, 5.74) is 0.646. The Hall–Kier alpha value is -0.100. The lowest BCUT2D eigenvalue weighted by molar-refractivity contribution is 0.0987. The summed E-state index contributed by atoms with van der Waals surface area (Å²) in [7, 11) is 1.58. The van der Waals surface area contributed by atoms with Crippen LogP contribution in [-0.2, 0) is 0 Å². The van der Waals surface area contributed by atoms with E-state index >= 15 is 0 Å². The normalized spacial score (nSPS) is 12.3. The molecule has 0 saturated carbocycles. The maximum Gasteiger partial charge on any atom is 0.180 e. The summed E-state index contributed by atoms with van der Waals surface area (Å²) < 4.78 is 6.21. The molecule has 0 radical (unpaired) electrons. The van der Waals surface area contributed by atoms with Crippen LogP contribution in [0.4, 0.5) is 0 Å². The van der Waals surface area contributed by atoms with E-state index in [2.05, 4.69) is 38.5 Å². The monoisotopic (exact) mass is 382 g/mol. The van der Waals surface area contributed by atoms with Gasteiger partial charge in [0.25, 0.3) is 0 Å². The molecule has 15 heavy (non-hydrogen) atoms. The first-order valence-electron chi connectivity index (χ1n) is 4.62. The van der Waals surface area contributed by atoms with Crippen LogP contribution in [0.3, 0.4) is 0 Å². The number of ether oxygens (including phenoxy) is 1. The Balaban J connectivity index is 3.11. The molecule has 82 valence electrons. The maximum absolute atomic E-state index is 12.0. The predicted molar refractivity (Wildman–Crippen MR) is 73.0 cm³/mol. The third-order valence-corrected chi connectivity index (χ3v) is 3.80. The summed E-state index contributed by atoms with van der Waals surface area (Å²) in [5.74, 6) is 0.714. The molecule has 0 spiro atoms. The van der Waals surface area contributed by atoms with Gasteiger partial charge in [-0.15, -0.1) is 0 Å². The lowest BCUT2D eigenvalue weighted by Gasteiger charge is -2.10. The standard InChI is InChI=1S/C11H12BrIO2/c1-3-9(12)11(14)8-6-7(13)4-5-10(8)15-2/h4-6,9H,3H2,1-2H3. The van der Waals surface area contributed by atoms with E-state index in [0.29, 0.717) is 11.3 Å². The van der Waals surface area contributed by atoms with Gasteiger partial charge in [0.05, 0.1) is 17.5 Å². The number of alkyl halides is 1. The van der Waals surface area contributed by atoms with Crippen LogP contribution in [0.2, 0.25) is 0 Å². The number of carbonyl (C=O) groups is 1. The van der Waals surface area contributed by atoms with Crippen LogP contribution >= 0.6 is 38.5 Å². The van der Waals surface area contributed by atoms with Gasteiger partial charge in [0, 0.05) is 3.57 Å². The Morgan fingerprint density at radius 3 is 2.80 bits per heavy atom. The Bertz CT molecular complexity index is 366. The van der Waals surface area contributed by atoms with Crippen molar-refractivity contribution in [2.45, 2.75) is 18.2 Å². The molecule has 0 aromatic heterocycles. The molecule has 4 heteroatoms. The second-order valence-corrected chi connectivity index (χ2v) is 5.44.